The van der Waals surface area contributed by atoms with Crippen molar-refractivity contribution < 1.29 is 4.79 Å². The van der Waals surface area contributed by atoms with Gasteiger partial charge in [0.15, 0.2) is 0 Å². The predicted molar refractivity (Wildman–Crippen MR) is 75.2 cm³/mol. The molecule has 3 nitrogen and oxygen atoms in total. The second kappa shape index (κ2) is 5.21. The molecule has 1 heterocycles. The van der Waals surface area contributed by atoms with Crippen LogP contribution in [0.15, 0.2) is 23.8 Å². The molecule has 0 aromatic heterocycles. The normalized spacial score (nSPS) is 15.5. The summed E-state index contributed by atoms with van der Waals surface area (Å²) in [5, 5.41) is 0.629. The highest BCUT2D eigenvalue weighted by Gasteiger charge is 2.19. The number of carbonyl (C=O) groups is 1. The number of rotatable bonds is 1. The zero-order valence-electron chi connectivity index (χ0n) is 10.0. The summed E-state index contributed by atoms with van der Waals surface area (Å²) < 4.78 is 0. The molecular weight excluding hydrogens is 271 g/mol. The van der Waals surface area contributed by atoms with Crippen LogP contribution in [0, 0.1) is 0 Å². The number of hydrogen-bond donors (Lipinski definition) is 1. The largest absolute Gasteiger partial charge is 0.396 e. The van der Waals surface area contributed by atoms with E-state index in [1.54, 1.807) is 17.0 Å². The third-order valence-electron chi connectivity index (χ3n) is 3.05. The van der Waals surface area contributed by atoms with Crippen LogP contribution in [-0.2, 0) is 0 Å². The average Bonchev–Trinajstić information content (AvgIpc) is 2.35. The van der Waals surface area contributed by atoms with Crippen molar-refractivity contribution in [1.82, 2.24) is 4.90 Å². The molecule has 1 aliphatic rings. The van der Waals surface area contributed by atoms with Crippen molar-refractivity contribution in [3.05, 3.63) is 39.4 Å². The topological polar surface area (TPSA) is 46.3 Å². The van der Waals surface area contributed by atoms with E-state index >= 15 is 0 Å². The molecule has 2 N–H and O–H groups in total. The molecule has 0 saturated heterocycles. The maximum atomic E-state index is 12.3. The highest BCUT2D eigenvalue weighted by molar-refractivity contribution is 6.39. The highest BCUT2D eigenvalue weighted by atomic mass is 35.5. The van der Waals surface area contributed by atoms with Gasteiger partial charge in [0.2, 0.25) is 0 Å². The summed E-state index contributed by atoms with van der Waals surface area (Å²) >= 11 is 11.9. The van der Waals surface area contributed by atoms with Crippen molar-refractivity contribution in [1.29, 1.82) is 0 Å². The molecule has 0 saturated carbocycles. The Morgan fingerprint density at radius 1 is 1.33 bits per heavy atom. The fourth-order valence-electron chi connectivity index (χ4n) is 1.85. The van der Waals surface area contributed by atoms with Gasteiger partial charge < -0.3 is 10.6 Å². The predicted octanol–water partition coefficient (Wildman–Crippen LogP) is 3.37. The van der Waals surface area contributed by atoms with Crippen LogP contribution < -0.4 is 5.73 Å². The lowest BCUT2D eigenvalue weighted by Crippen LogP contribution is -2.34. The first-order valence-corrected chi connectivity index (χ1v) is 6.44. The smallest absolute Gasteiger partial charge is 0.254 e. The molecule has 2 rings (SSSR count). The van der Waals surface area contributed by atoms with E-state index in [9.17, 15) is 4.79 Å². The van der Waals surface area contributed by atoms with Gasteiger partial charge in [-0.05, 0) is 25.5 Å². The van der Waals surface area contributed by atoms with E-state index in [0.29, 0.717) is 27.8 Å². The Morgan fingerprint density at radius 2 is 1.94 bits per heavy atom. The molecule has 0 bridgehead atoms. The molecule has 96 valence electrons. The third-order valence-corrected chi connectivity index (χ3v) is 3.67. The van der Waals surface area contributed by atoms with Crippen LogP contribution in [0.4, 0.5) is 5.69 Å². The van der Waals surface area contributed by atoms with Gasteiger partial charge in [-0.3, -0.25) is 4.79 Å². The molecule has 1 amide bonds. The van der Waals surface area contributed by atoms with Gasteiger partial charge in [0, 0.05) is 18.7 Å². The molecule has 1 aromatic rings. The van der Waals surface area contributed by atoms with Crippen LogP contribution in [0.2, 0.25) is 10.0 Å². The zero-order chi connectivity index (χ0) is 13.3. The van der Waals surface area contributed by atoms with E-state index < -0.39 is 0 Å². The fraction of sp³-hybridized carbons (Fsp3) is 0.308. The summed E-state index contributed by atoms with van der Waals surface area (Å²) in [6.07, 6.45) is 2.96. The Hall–Kier alpha value is -1.19. The summed E-state index contributed by atoms with van der Waals surface area (Å²) in [5.74, 6) is -0.0671. The number of hydrogen-bond acceptors (Lipinski definition) is 2. The lowest BCUT2D eigenvalue weighted by molar-refractivity contribution is 0.0769. The second-order valence-corrected chi connectivity index (χ2v) is 5.22. The van der Waals surface area contributed by atoms with Gasteiger partial charge in [0.1, 0.15) is 0 Å². The molecule has 0 unspecified atom stereocenters. The van der Waals surface area contributed by atoms with E-state index in [1.165, 1.54) is 5.57 Å². The van der Waals surface area contributed by atoms with E-state index in [1.807, 2.05) is 0 Å². The zero-order valence-corrected chi connectivity index (χ0v) is 11.6. The summed E-state index contributed by atoms with van der Waals surface area (Å²) in [4.78, 5) is 14.0. The standard InChI is InChI=1S/C13H14Cl2N2O/c1-8-2-4-17(5-3-8)13(18)9-6-10(14)12(16)11(15)7-9/h2,6-7H,3-5,16H2,1H3. The maximum Gasteiger partial charge on any atom is 0.254 e. The second-order valence-electron chi connectivity index (χ2n) is 4.41. The summed E-state index contributed by atoms with van der Waals surface area (Å²) in [5.41, 5.74) is 7.75. The van der Waals surface area contributed by atoms with Crippen molar-refractivity contribution in [2.24, 2.45) is 0 Å². The van der Waals surface area contributed by atoms with Gasteiger partial charge in [-0.2, -0.15) is 0 Å². The average molecular weight is 285 g/mol. The first-order valence-electron chi connectivity index (χ1n) is 5.68. The van der Waals surface area contributed by atoms with Crippen LogP contribution in [0.5, 0.6) is 0 Å². The molecular formula is C13H14Cl2N2O. The van der Waals surface area contributed by atoms with Crippen molar-refractivity contribution in [2.75, 3.05) is 18.8 Å². The number of nitrogens with two attached hydrogens (primary N) is 1. The Labute approximate surface area is 116 Å². The van der Waals surface area contributed by atoms with E-state index in [-0.39, 0.29) is 5.91 Å². The van der Waals surface area contributed by atoms with Crippen molar-refractivity contribution in [3.63, 3.8) is 0 Å². The van der Waals surface area contributed by atoms with E-state index in [2.05, 4.69) is 13.0 Å². The van der Waals surface area contributed by atoms with Gasteiger partial charge in [-0.25, -0.2) is 0 Å². The number of halogens is 2. The van der Waals surface area contributed by atoms with Crippen molar-refractivity contribution in [3.8, 4) is 0 Å². The van der Waals surface area contributed by atoms with Crippen molar-refractivity contribution in [2.45, 2.75) is 13.3 Å². The molecule has 0 radical (unpaired) electrons. The molecule has 0 aliphatic carbocycles. The van der Waals surface area contributed by atoms with Gasteiger partial charge in [-0.1, -0.05) is 34.9 Å². The molecule has 1 aliphatic heterocycles. The third kappa shape index (κ3) is 2.62. The van der Waals surface area contributed by atoms with Crippen LogP contribution >= 0.6 is 23.2 Å². The Bertz CT molecular complexity index is 503. The molecule has 0 spiro atoms. The number of nitrogen functional groups attached to an aromatic ring is 1. The minimum atomic E-state index is -0.0671. The maximum absolute atomic E-state index is 12.3. The lowest BCUT2D eigenvalue weighted by Gasteiger charge is -2.25. The molecule has 0 fully saturated rings. The number of carbonyl (C=O) groups excluding carboxylic acids is 1. The van der Waals surface area contributed by atoms with Crippen LogP contribution in [0.25, 0.3) is 0 Å². The van der Waals surface area contributed by atoms with Crippen LogP contribution in [-0.4, -0.2) is 23.9 Å². The summed E-state index contributed by atoms with van der Waals surface area (Å²) in [6, 6.07) is 3.13. The van der Waals surface area contributed by atoms with E-state index in [0.717, 1.165) is 13.0 Å². The Kier molecular flexibility index (Phi) is 3.83. The summed E-state index contributed by atoms with van der Waals surface area (Å²) in [7, 11) is 0. The molecule has 18 heavy (non-hydrogen) atoms. The molecule has 0 atom stereocenters. The van der Waals surface area contributed by atoms with Gasteiger partial charge >= 0.3 is 0 Å². The van der Waals surface area contributed by atoms with Gasteiger partial charge in [0.05, 0.1) is 15.7 Å². The van der Waals surface area contributed by atoms with Gasteiger partial charge in [0.25, 0.3) is 5.91 Å². The molecule has 1 aromatic carbocycles. The fourth-order valence-corrected chi connectivity index (χ4v) is 2.33. The molecule has 5 heteroatoms. The first-order chi connectivity index (χ1) is 8.49. The van der Waals surface area contributed by atoms with Crippen LogP contribution in [0.3, 0.4) is 0 Å². The lowest BCUT2D eigenvalue weighted by atomic mass is 10.1. The number of benzene rings is 1. The number of amides is 1. The van der Waals surface area contributed by atoms with Crippen LogP contribution in [0.1, 0.15) is 23.7 Å². The monoisotopic (exact) mass is 284 g/mol. The Balaban J connectivity index is 2.24. The van der Waals surface area contributed by atoms with Crippen molar-refractivity contribution >= 4 is 34.8 Å². The highest BCUT2D eigenvalue weighted by Crippen LogP contribution is 2.29. The SMILES string of the molecule is CC1=CCN(C(=O)c2cc(Cl)c(N)c(Cl)c2)CC1. The minimum absolute atomic E-state index is 0.0671. The van der Waals surface area contributed by atoms with E-state index in [4.69, 9.17) is 28.9 Å². The number of anilines is 1. The summed E-state index contributed by atoms with van der Waals surface area (Å²) in [6.45, 7) is 3.42. The minimum Gasteiger partial charge on any atom is -0.396 e. The van der Waals surface area contributed by atoms with Gasteiger partial charge in [-0.15, -0.1) is 0 Å². The number of nitrogens with zero attached hydrogens (tertiary/aromatic N) is 1. The first kappa shape index (κ1) is 13.2. The quantitative estimate of drug-likeness (QED) is 0.635. The Morgan fingerprint density at radius 3 is 2.44 bits per heavy atom.